The fourth-order valence-electron chi connectivity index (χ4n) is 7.88. The summed E-state index contributed by atoms with van der Waals surface area (Å²) < 4.78 is 20.4. The van der Waals surface area contributed by atoms with Crippen LogP contribution in [-0.2, 0) is 42.9 Å². The number of nitrogens with one attached hydrogen (secondary N) is 2. The van der Waals surface area contributed by atoms with Crippen molar-refractivity contribution in [2.75, 3.05) is 39.5 Å². The first-order chi connectivity index (χ1) is 32.9. The van der Waals surface area contributed by atoms with Crippen molar-refractivity contribution in [2.45, 2.75) is 69.6 Å². The van der Waals surface area contributed by atoms with E-state index in [4.69, 9.17) is 18.9 Å². The van der Waals surface area contributed by atoms with Crippen molar-refractivity contribution < 1.29 is 58.2 Å². The Morgan fingerprint density at radius 1 is 0.618 bits per heavy atom. The van der Waals surface area contributed by atoms with Crippen molar-refractivity contribution in [1.29, 1.82) is 0 Å². The quantitative estimate of drug-likeness (QED) is 0.0333. The molecule has 2 amide bonds. The Bertz CT molecular complexity index is 2390. The van der Waals surface area contributed by atoms with Gasteiger partial charge in [-0.25, -0.2) is 0 Å². The van der Waals surface area contributed by atoms with Crippen LogP contribution in [0.25, 0.3) is 22.3 Å². The van der Waals surface area contributed by atoms with Crippen LogP contribution in [0.3, 0.4) is 0 Å². The number of esters is 2. The van der Waals surface area contributed by atoms with Crippen molar-refractivity contribution in [2.24, 2.45) is 9.98 Å². The molecular formula is C52H56N4O12-2. The molecule has 3 atom stereocenters. The van der Waals surface area contributed by atoms with Crippen molar-refractivity contribution in [3.05, 3.63) is 145 Å². The maximum atomic E-state index is 12.5. The second-order valence-corrected chi connectivity index (χ2v) is 15.7. The van der Waals surface area contributed by atoms with E-state index in [2.05, 4.69) is 33.8 Å². The number of rotatable bonds is 22. The van der Waals surface area contributed by atoms with Gasteiger partial charge in [-0.05, 0) is 57.3 Å². The minimum Gasteiger partial charge on any atom is -0.599 e. The summed E-state index contributed by atoms with van der Waals surface area (Å²) in [5.74, 6) is -4.37. The number of fused-ring (bicyclic) bond motifs is 6. The number of carbonyl (C=O) groups excluding carboxylic acids is 5. The lowest BCUT2D eigenvalue weighted by Crippen LogP contribution is -2.44. The van der Waals surface area contributed by atoms with E-state index in [9.17, 15) is 39.3 Å². The van der Waals surface area contributed by atoms with Crippen LogP contribution in [-0.4, -0.2) is 105 Å². The number of carbonyl (C=O) groups is 5. The molecule has 16 nitrogen and oxygen atoms in total. The minimum absolute atomic E-state index is 0.00176. The number of ketones is 1. The summed E-state index contributed by atoms with van der Waals surface area (Å²) in [7, 11) is 0. The molecule has 0 spiro atoms. The summed E-state index contributed by atoms with van der Waals surface area (Å²) in [6.45, 7) is 9.78. The van der Waals surface area contributed by atoms with Crippen molar-refractivity contribution in [3.8, 4) is 22.3 Å². The predicted molar refractivity (Wildman–Crippen MR) is 251 cm³/mol. The molecule has 68 heavy (non-hydrogen) atoms. The van der Waals surface area contributed by atoms with Gasteiger partial charge in [0.1, 0.15) is 44.5 Å². The molecule has 2 unspecified atom stereocenters. The zero-order chi connectivity index (χ0) is 49.0. The molecule has 0 saturated carbocycles. The van der Waals surface area contributed by atoms with E-state index in [0.29, 0.717) is 19.3 Å². The Hall–Kier alpha value is -7.59. The first-order valence-corrected chi connectivity index (χ1v) is 22.3. The fourth-order valence-corrected chi connectivity index (χ4v) is 7.88. The van der Waals surface area contributed by atoms with Crippen molar-refractivity contribution in [1.82, 2.24) is 10.6 Å². The molecule has 0 bridgehead atoms. The molecule has 0 aliphatic heterocycles. The lowest BCUT2D eigenvalue weighted by Gasteiger charge is -2.24. The van der Waals surface area contributed by atoms with Crippen LogP contribution >= 0.6 is 0 Å². The van der Waals surface area contributed by atoms with Gasteiger partial charge in [-0.1, -0.05) is 149 Å². The maximum Gasteiger partial charge on any atom is 0.325 e. The van der Waals surface area contributed by atoms with E-state index in [1.807, 2.05) is 104 Å². The van der Waals surface area contributed by atoms with Gasteiger partial charge in [0, 0.05) is 25.0 Å². The van der Waals surface area contributed by atoms with Crippen LogP contribution in [0.15, 0.2) is 132 Å². The first-order valence-electron chi connectivity index (χ1n) is 22.3. The van der Waals surface area contributed by atoms with E-state index < -0.39 is 73.0 Å². The van der Waals surface area contributed by atoms with Gasteiger partial charge in [0.25, 0.3) is 11.8 Å². The van der Waals surface area contributed by atoms with Crippen LogP contribution in [0.2, 0.25) is 0 Å². The van der Waals surface area contributed by atoms with Crippen molar-refractivity contribution >= 4 is 41.7 Å². The molecule has 0 fully saturated rings. The third kappa shape index (κ3) is 13.7. The summed E-state index contributed by atoms with van der Waals surface area (Å²) in [5.41, 5.74) is 8.67. The Labute approximate surface area is 395 Å². The Morgan fingerprint density at radius 2 is 1.01 bits per heavy atom. The molecule has 0 aromatic heterocycles. The van der Waals surface area contributed by atoms with Gasteiger partial charge in [0.2, 0.25) is 5.78 Å². The van der Waals surface area contributed by atoms with Crippen LogP contribution < -0.4 is 20.8 Å². The number of aliphatic imine (C=N–C) groups is 2. The molecule has 3 N–H and O–H groups in total. The van der Waals surface area contributed by atoms with Gasteiger partial charge in [-0.2, -0.15) is 0 Å². The molecule has 16 heteroatoms. The second-order valence-electron chi connectivity index (χ2n) is 15.7. The Balaban J connectivity index is 0.000000254. The van der Waals surface area contributed by atoms with E-state index in [-0.39, 0.29) is 44.7 Å². The number of hydrogen-bond acceptors (Lipinski definition) is 14. The Kier molecular flexibility index (Phi) is 19.6. The third-order valence-electron chi connectivity index (χ3n) is 11.0. The normalized spacial score (nSPS) is 13.9. The highest BCUT2D eigenvalue weighted by Gasteiger charge is 2.30. The SMILES string of the molecule is C=CCOC(=O)CNC(=O)C(=O)C(CCC)N=C([O-])OCC1c2ccccc2-c2ccccc21.C=CCOC(=O)CNC(=O)C(O)[C@H](CCC)N=C([O-])OCC1c2ccccc2-c2ccccc21. The number of hydrogen-bond donors (Lipinski definition) is 3. The highest BCUT2D eigenvalue weighted by molar-refractivity contribution is 6.38. The highest BCUT2D eigenvalue weighted by atomic mass is 16.6. The lowest BCUT2D eigenvalue weighted by atomic mass is 9.98. The van der Waals surface area contributed by atoms with Crippen LogP contribution in [0, 0.1) is 0 Å². The second kappa shape index (κ2) is 25.9. The molecule has 2 aliphatic carbocycles. The molecule has 0 heterocycles. The molecule has 6 rings (SSSR count). The third-order valence-corrected chi connectivity index (χ3v) is 11.0. The minimum atomic E-state index is -1.60. The van der Waals surface area contributed by atoms with Crippen LogP contribution in [0.5, 0.6) is 0 Å². The van der Waals surface area contributed by atoms with Gasteiger partial charge >= 0.3 is 11.9 Å². The monoisotopic (exact) mass is 928 g/mol. The molecular weight excluding hydrogens is 873 g/mol. The standard InChI is InChI=1S/C26H30N2O6.C26H28N2O6/c2*1-3-9-22(24(30)25(31)27-15-23(29)33-14-4-2)28-26(32)34-16-21-19-12-7-5-10-17(19)18-11-6-8-13-20(18)21/h4-8,10-13,21-22,24,30H,2-3,9,14-16H2,1H3,(H,27,31)(H,28,32);4-8,10-13,21-22H,2-3,9,14-16H2,1H3,(H,27,31)(H,28,32)/p-2/t22-,24?;/m0./s1. The molecule has 0 saturated heterocycles. The summed E-state index contributed by atoms with van der Waals surface area (Å²) in [6.07, 6.45) is 1.00. The molecule has 4 aromatic rings. The number of amides is 2. The summed E-state index contributed by atoms with van der Waals surface area (Å²) in [6, 6.07) is 29.6. The van der Waals surface area contributed by atoms with Crippen LogP contribution in [0.1, 0.15) is 73.6 Å². The number of aliphatic hydroxyl groups excluding tert-OH is 1. The van der Waals surface area contributed by atoms with Gasteiger partial charge in [0.15, 0.2) is 6.10 Å². The zero-order valence-corrected chi connectivity index (χ0v) is 38.1. The van der Waals surface area contributed by atoms with Gasteiger partial charge in [-0.3, -0.25) is 34.0 Å². The average molecular weight is 929 g/mol. The van der Waals surface area contributed by atoms with E-state index in [0.717, 1.165) is 44.5 Å². The summed E-state index contributed by atoms with van der Waals surface area (Å²) in [4.78, 5) is 67.7. The van der Waals surface area contributed by atoms with Gasteiger partial charge < -0.3 is 44.9 Å². The fraction of sp³-hybridized carbons (Fsp3) is 0.327. The van der Waals surface area contributed by atoms with Crippen LogP contribution in [0.4, 0.5) is 0 Å². The highest BCUT2D eigenvalue weighted by Crippen LogP contribution is 2.45. The zero-order valence-electron chi connectivity index (χ0n) is 38.1. The smallest absolute Gasteiger partial charge is 0.325 e. The van der Waals surface area contributed by atoms with E-state index in [1.54, 1.807) is 6.92 Å². The molecule has 358 valence electrons. The number of benzene rings is 4. The largest absolute Gasteiger partial charge is 0.599 e. The number of ether oxygens (including phenoxy) is 4. The lowest BCUT2D eigenvalue weighted by molar-refractivity contribution is -0.252. The molecule has 2 aliphatic rings. The molecule has 0 radical (unpaired) electrons. The Morgan fingerprint density at radius 3 is 1.43 bits per heavy atom. The van der Waals surface area contributed by atoms with Crippen molar-refractivity contribution in [3.63, 3.8) is 0 Å². The number of aliphatic hydroxyl groups is 1. The summed E-state index contributed by atoms with van der Waals surface area (Å²) in [5, 5.41) is 39.9. The average Bonchev–Trinajstić information content (AvgIpc) is 3.86. The maximum absolute atomic E-state index is 12.5. The van der Waals surface area contributed by atoms with Gasteiger partial charge in [0.05, 0.1) is 6.04 Å². The number of nitrogens with zero attached hydrogens (tertiary/aromatic N) is 2. The van der Waals surface area contributed by atoms with Gasteiger partial charge in [-0.15, -0.1) is 0 Å². The van der Waals surface area contributed by atoms with E-state index in [1.165, 1.54) is 12.2 Å². The van der Waals surface area contributed by atoms with E-state index >= 15 is 0 Å². The first kappa shape index (κ1) is 51.4. The summed E-state index contributed by atoms with van der Waals surface area (Å²) >= 11 is 0. The predicted octanol–water partition coefficient (Wildman–Crippen LogP) is 4.02. The molecule has 4 aromatic carbocycles. The topological polar surface area (TPSA) is 237 Å². The number of Topliss-reactive ketones (excluding diaryl/α,β-unsaturated/α-hetero) is 1.